The third-order valence-electron chi connectivity index (χ3n) is 5.12. The van der Waals surface area contributed by atoms with Crippen LogP contribution in [0.4, 0.5) is 9.18 Å². The second-order valence-corrected chi connectivity index (χ2v) is 7.19. The molecule has 0 saturated carbocycles. The average Bonchev–Trinajstić information content (AvgIpc) is 2.62. The van der Waals surface area contributed by atoms with Gasteiger partial charge in [0.05, 0.1) is 0 Å². The number of amides is 2. The summed E-state index contributed by atoms with van der Waals surface area (Å²) in [6.45, 7) is 4.25. The van der Waals surface area contributed by atoms with Crippen LogP contribution in [-0.4, -0.2) is 61.7 Å². The minimum absolute atomic E-state index is 0.0116. The van der Waals surface area contributed by atoms with E-state index in [1.807, 2.05) is 4.90 Å². The van der Waals surface area contributed by atoms with Crippen molar-refractivity contribution < 1.29 is 13.9 Å². The molecule has 0 unspecified atom stereocenters. The van der Waals surface area contributed by atoms with Crippen molar-refractivity contribution in [2.45, 2.75) is 31.8 Å². The Bertz CT molecular complexity index is 576. The Labute approximate surface area is 149 Å². The van der Waals surface area contributed by atoms with Crippen LogP contribution in [0.5, 0.6) is 5.75 Å². The Morgan fingerprint density at radius 3 is 2.72 bits per heavy atom. The van der Waals surface area contributed by atoms with E-state index in [2.05, 4.69) is 17.3 Å². The molecule has 0 aromatic heterocycles. The molecule has 2 aliphatic heterocycles. The molecule has 2 aliphatic rings. The highest BCUT2D eigenvalue weighted by molar-refractivity contribution is 5.74. The van der Waals surface area contributed by atoms with Gasteiger partial charge in [-0.1, -0.05) is 12.1 Å². The van der Waals surface area contributed by atoms with Crippen molar-refractivity contribution in [2.75, 3.05) is 39.8 Å². The van der Waals surface area contributed by atoms with E-state index in [1.54, 1.807) is 18.2 Å². The normalized spacial score (nSPS) is 22.6. The second-order valence-electron chi connectivity index (χ2n) is 7.19. The fraction of sp³-hybridized carbons (Fsp3) is 0.632. The lowest BCUT2D eigenvalue weighted by molar-refractivity contribution is 0.106. The van der Waals surface area contributed by atoms with E-state index in [1.165, 1.54) is 18.9 Å². The molecule has 1 aromatic rings. The fourth-order valence-corrected chi connectivity index (χ4v) is 3.68. The quantitative estimate of drug-likeness (QED) is 0.909. The van der Waals surface area contributed by atoms with Crippen LogP contribution in [0.15, 0.2) is 24.3 Å². The number of para-hydroxylation sites is 1. The smallest absolute Gasteiger partial charge is 0.317 e. The monoisotopic (exact) mass is 349 g/mol. The van der Waals surface area contributed by atoms with Crippen LogP contribution >= 0.6 is 0 Å². The Morgan fingerprint density at radius 2 is 2.00 bits per heavy atom. The molecule has 1 N–H and O–H groups in total. The van der Waals surface area contributed by atoms with Crippen molar-refractivity contribution >= 4 is 6.03 Å². The van der Waals surface area contributed by atoms with Gasteiger partial charge >= 0.3 is 6.03 Å². The summed E-state index contributed by atoms with van der Waals surface area (Å²) < 4.78 is 19.4. The zero-order chi connectivity index (χ0) is 17.6. The number of carbonyl (C=O) groups excluding carboxylic acids is 1. The Balaban J connectivity index is 1.39. The van der Waals surface area contributed by atoms with E-state index in [0.717, 1.165) is 32.5 Å². The molecular weight excluding hydrogens is 321 g/mol. The highest BCUT2D eigenvalue weighted by Crippen LogP contribution is 2.22. The molecule has 1 atom stereocenters. The molecule has 2 amide bonds. The third kappa shape index (κ3) is 5.08. The maximum Gasteiger partial charge on any atom is 0.317 e. The van der Waals surface area contributed by atoms with Crippen molar-refractivity contribution in [2.24, 2.45) is 5.92 Å². The summed E-state index contributed by atoms with van der Waals surface area (Å²) in [4.78, 5) is 16.5. The largest absolute Gasteiger partial charge is 0.487 e. The van der Waals surface area contributed by atoms with E-state index in [0.29, 0.717) is 24.8 Å². The van der Waals surface area contributed by atoms with Gasteiger partial charge in [-0.3, -0.25) is 0 Å². The molecule has 0 bridgehead atoms. The number of hydrogen-bond donors (Lipinski definition) is 1. The molecule has 138 valence electrons. The molecule has 2 heterocycles. The Morgan fingerprint density at radius 1 is 1.24 bits per heavy atom. The predicted octanol–water partition coefficient (Wildman–Crippen LogP) is 2.72. The number of hydrogen-bond acceptors (Lipinski definition) is 3. The van der Waals surface area contributed by atoms with Crippen molar-refractivity contribution in [3.05, 3.63) is 30.1 Å². The molecule has 3 rings (SSSR count). The van der Waals surface area contributed by atoms with Crippen molar-refractivity contribution in [3.8, 4) is 5.75 Å². The van der Waals surface area contributed by atoms with Gasteiger partial charge in [-0.15, -0.1) is 0 Å². The number of carbonyl (C=O) groups is 1. The van der Waals surface area contributed by atoms with E-state index in [-0.39, 0.29) is 18.0 Å². The van der Waals surface area contributed by atoms with Gasteiger partial charge in [0.25, 0.3) is 0 Å². The van der Waals surface area contributed by atoms with Gasteiger partial charge < -0.3 is 19.9 Å². The lowest BCUT2D eigenvalue weighted by Gasteiger charge is -2.33. The van der Waals surface area contributed by atoms with Crippen LogP contribution in [-0.2, 0) is 0 Å². The molecule has 2 saturated heterocycles. The van der Waals surface area contributed by atoms with Gasteiger partial charge in [-0.05, 0) is 44.5 Å². The van der Waals surface area contributed by atoms with Crippen LogP contribution in [0.3, 0.4) is 0 Å². The summed E-state index contributed by atoms with van der Waals surface area (Å²) in [6.07, 6.45) is 3.81. The molecule has 2 fully saturated rings. The number of rotatable bonds is 4. The summed E-state index contributed by atoms with van der Waals surface area (Å²) in [5, 5.41) is 3.08. The SMILES string of the molecule is CN1CCC[C@H](CNC(=O)N2CCC(Oc3ccccc3F)CC2)C1. The van der Waals surface area contributed by atoms with Crippen LogP contribution in [0.2, 0.25) is 0 Å². The molecular formula is C19H28FN3O2. The van der Waals surface area contributed by atoms with Gasteiger partial charge in [0, 0.05) is 39.0 Å². The summed E-state index contributed by atoms with van der Waals surface area (Å²) >= 11 is 0. The van der Waals surface area contributed by atoms with Crippen LogP contribution in [0, 0.1) is 11.7 Å². The number of urea groups is 1. The number of piperidine rings is 2. The summed E-state index contributed by atoms with van der Waals surface area (Å²) in [7, 11) is 2.13. The highest BCUT2D eigenvalue weighted by Gasteiger charge is 2.25. The Kier molecular flexibility index (Phi) is 6.13. The second kappa shape index (κ2) is 8.52. The van der Waals surface area contributed by atoms with Gasteiger partial charge in [-0.2, -0.15) is 0 Å². The standard InChI is InChI=1S/C19H28FN3O2/c1-22-10-4-5-15(14-22)13-21-19(24)23-11-8-16(9-12-23)25-18-7-3-2-6-17(18)20/h2-3,6-7,15-16H,4-5,8-14H2,1H3,(H,21,24)/t15-/m1/s1. The van der Waals surface area contributed by atoms with Crippen molar-refractivity contribution in [1.29, 1.82) is 0 Å². The minimum atomic E-state index is -0.333. The van der Waals surface area contributed by atoms with E-state index >= 15 is 0 Å². The van der Waals surface area contributed by atoms with Gasteiger partial charge in [0.15, 0.2) is 11.6 Å². The minimum Gasteiger partial charge on any atom is -0.487 e. The van der Waals surface area contributed by atoms with Crippen LogP contribution in [0.25, 0.3) is 0 Å². The zero-order valence-corrected chi connectivity index (χ0v) is 14.9. The van der Waals surface area contributed by atoms with Crippen LogP contribution in [0.1, 0.15) is 25.7 Å². The number of nitrogens with one attached hydrogen (secondary N) is 1. The van der Waals surface area contributed by atoms with Gasteiger partial charge in [-0.25, -0.2) is 9.18 Å². The lowest BCUT2D eigenvalue weighted by Crippen LogP contribution is -2.48. The lowest BCUT2D eigenvalue weighted by atomic mass is 9.98. The topological polar surface area (TPSA) is 44.8 Å². The first-order valence-electron chi connectivity index (χ1n) is 9.24. The number of benzene rings is 1. The fourth-order valence-electron chi connectivity index (χ4n) is 3.68. The first-order valence-corrected chi connectivity index (χ1v) is 9.24. The van der Waals surface area contributed by atoms with Crippen LogP contribution < -0.4 is 10.1 Å². The molecule has 0 spiro atoms. The molecule has 6 heteroatoms. The predicted molar refractivity (Wildman–Crippen MR) is 95.2 cm³/mol. The summed E-state index contributed by atoms with van der Waals surface area (Å²) in [5.41, 5.74) is 0. The van der Waals surface area contributed by atoms with E-state index < -0.39 is 0 Å². The highest BCUT2D eigenvalue weighted by atomic mass is 19.1. The zero-order valence-electron chi connectivity index (χ0n) is 14.9. The average molecular weight is 349 g/mol. The molecule has 0 radical (unpaired) electrons. The van der Waals surface area contributed by atoms with Crippen molar-refractivity contribution in [1.82, 2.24) is 15.1 Å². The number of nitrogens with zero attached hydrogens (tertiary/aromatic N) is 2. The number of halogens is 1. The van der Waals surface area contributed by atoms with Gasteiger partial charge in [0.2, 0.25) is 0 Å². The number of ether oxygens (including phenoxy) is 1. The van der Waals surface area contributed by atoms with Gasteiger partial charge in [0.1, 0.15) is 6.10 Å². The Hall–Kier alpha value is -1.82. The maximum absolute atomic E-state index is 13.7. The maximum atomic E-state index is 13.7. The molecule has 25 heavy (non-hydrogen) atoms. The first kappa shape index (κ1) is 18.0. The third-order valence-corrected chi connectivity index (χ3v) is 5.12. The summed E-state index contributed by atoms with van der Waals surface area (Å²) in [6, 6.07) is 6.48. The molecule has 0 aliphatic carbocycles. The molecule has 5 nitrogen and oxygen atoms in total. The summed E-state index contributed by atoms with van der Waals surface area (Å²) in [5.74, 6) is 0.511. The van der Waals surface area contributed by atoms with Crippen molar-refractivity contribution in [3.63, 3.8) is 0 Å². The number of likely N-dealkylation sites (tertiary alicyclic amines) is 2. The van der Waals surface area contributed by atoms with E-state index in [4.69, 9.17) is 4.74 Å². The van der Waals surface area contributed by atoms with E-state index in [9.17, 15) is 9.18 Å². The first-order chi connectivity index (χ1) is 12.1. The molecule has 1 aromatic carbocycles.